The molecule has 0 aliphatic heterocycles. The van der Waals surface area contributed by atoms with Gasteiger partial charge in [0.2, 0.25) is 5.91 Å². The molecule has 0 saturated heterocycles. The van der Waals surface area contributed by atoms with Crippen molar-refractivity contribution in [2.24, 2.45) is 0 Å². The van der Waals surface area contributed by atoms with Crippen molar-refractivity contribution in [3.8, 4) is 11.4 Å². The molecule has 1 unspecified atom stereocenters. The molecular formula is C22H20N4O2S2. The molecule has 1 amide bonds. The Labute approximate surface area is 183 Å². The van der Waals surface area contributed by atoms with E-state index in [-0.39, 0.29) is 17.7 Å². The molecule has 30 heavy (non-hydrogen) atoms. The van der Waals surface area contributed by atoms with Crippen LogP contribution in [-0.4, -0.2) is 33.3 Å². The van der Waals surface area contributed by atoms with E-state index in [9.17, 15) is 4.79 Å². The topological polar surface area (TPSA) is 69.0 Å². The van der Waals surface area contributed by atoms with Crippen LogP contribution in [0.15, 0.2) is 83.7 Å². The third kappa shape index (κ3) is 4.72. The molecule has 2 aromatic carbocycles. The molecule has 0 spiro atoms. The lowest BCUT2D eigenvalue weighted by Gasteiger charge is -2.17. The molecule has 0 aliphatic rings. The van der Waals surface area contributed by atoms with Gasteiger partial charge in [-0.15, -0.1) is 11.3 Å². The number of aromatic nitrogens is 3. The van der Waals surface area contributed by atoms with E-state index in [2.05, 4.69) is 15.3 Å². The number of amides is 1. The van der Waals surface area contributed by atoms with Crippen LogP contribution < -0.4 is 10.1 Å². The Hall–Kier alpha value is -3.10. The van der Waals surface area contributed by atoms with Crippen LogP contribution in [-0.2, 0) is 4.79 Å². The van der Waals surface area contributed by atoms with E-state index in [0.29, 0.717) is 0 Å². The summed E-state index contributed by atoms with van der Waals surface area (Å²) in [4.78, 5) is 21.5. The molecule has 0 aliphatic carbocycles. The van der Waals surface area contributed by atoms with Crippen LogP contribution >= 0.6 is 23.1 Å². The number of hydrogen-bond acceptors (Lipinski definition) is 6. The highest BCUT2D eigenvalue weighted by molar-refractivity contribution is 7.99. The monoisotopic (exact) mass is 436 g/mol. The Kier molecular flexibility index (Phi) is 6.46. The highest BCUT2D eigenvalue weighted by Gasteiger charge is 2.19. The summed E-state index contributed by atoms with van der Waals surface area (Å²) in [7, 11) is 1.64. The van der Waals surface area contributed by atoms with Crippen LogP contribution in [0, 0.1) is 0 Å². The van der Waals surface area contributed by atoms with Gasteiger partial charge in [0.15, 0.2) is 5.16 Å². The fraction of sp³-hybridized carbons (Fsp3) is 0.136. The highest BCUT2D eigenvalue weighted by Crippen LogP contribution is 2.25. The minimum Gasteiger partial charge on any atom is -0.497 e. The van der Waals surface area contributed by atoms with E-state index < -0.39 is 0 Å². The fourth-order valence-corrected chi connectivity index (χ4v) is 4.48. The summed E-state index contributed by atoms with van der Waals surface area (Å²) < 4.78 is 7.16. The second kappa shape index (κ2) is 9.60. The average molecular weight is 437 g/mol. The number of nitrogens with one attached hydrogen (secondary N) is 1. The molecule has 8 heteroatoms. The zero-order valence-electron chi connectivity index (χ0n) is 16.3. The number of thiazole rings is 1. The first kappa shape index (κ1) is 20.2. The maximum absolute atomic E-state index is 12.7. The standard InChI is InChI=1S/C22H20N4O2S2/c1-28-18-9-7-17(8-10-18)26-13-11-24-22(26)30-15-19(27)25-20(21-23-12-14-29-21)16-5-3-2-4-6-16/h2-14,20H,15H2,1H3,(H,25,27). The third-order valence-corrected chi connectivity index (χ3v) is 6.23. The molecule has 152 valence electrons. The summed E-state index contributed by atoms with van der Waals surface area (Å²) in [5.74, 6) is 0.969. The van der Waals surface area contributed by atoms with Crippen LogP contribution in [0.5, 0.6) is 5.75 Å². The molecule has 6 nitrogen and oxygen atoms in total. The minimum atomic E-state index is -0.263. The van der Waals surface area contributed by atoms with Crippen molar-refractivity contribution in [1.82, 2.24) is 19.9 Å². The van der Waals surface area contributed by atoms with Gasteiger partial charge in [0.05, 0.1) is 12.9 Å². The number of rotatable bonds is 8. The number of imidazole rings is 1. The highest BCUT2D eigenvalue weighted by atomic mass is 32.2. The lowest BCUT2D eigenvalue weighted by atomic mass is 10.1. The van der Waals surface area contributed by atoms with Gasteiger partial charge in [0.1, 0.15) is 16.8 Å². The maximum Gasteiger partial charge on any atom is 0.231 e. The Balaban J connectivity index is 1.44. The Bertz CT molecular complexity index is 1080. The molecule has 4 aromatic rings. The number of hydrogen-bond donors (Lipinski definition) is 1. The first-order valence-electron chi connectivity index (χ1n) is 9.29. The van der Waals surface area contributed by atoms with Gasteiger partial charge in [0.25, 0.3) is 0 Å². The van der Waals surface area contributed by atoms with E-state index in [1.807, 2.05) is 70.7 Å². The van der Waals surface area contributed by atoms with Gasteiger partial charge in [-0.25, -0.2) is 9.97 Å². The third-order valence-electron chi connectivity index (χ3n) is 4.43. The van der Waals surface area contributed by atoms with Gasteiger partial charge in [-0.3, -0.25) is 9.36 Å². The Morgan fingerprint density at radius 1 is 1.13 bits per heavy atom. The molecule has 0 saturated carbocycles. The van der Waals surface area contributed by atoms with E-state index in [1.165, 1.54) is 23.1 Å². The van der Waals surface area contributed by atoms with Crippen molar-refractivity contribution in [1.29, 1.82) is 0 Å². The molecule has 4 rings (SSSR count). The quantitative estimate of drug-likeness (QED) is 0.416. The summed E-state index contributed by atoms with van der Waals surface area (Å²) in [5, 5.41) is 6.63. The number of carbonyl (C=O) groups is 1. The summed E-state index contributed by atoms with van der Waals surface area (Å²) in [6, 6.07) is 17.3. The largest absolute Gasteiger partial charge is 0.497 e. The SMILES string of the molecule is COc1ccc(-n2ccnc2SCC(=O)NC(c2ccccc2)c2nccs2)cc1. The molecule has 2 aromatic heterocycles. The fourth-order valence-electron chi connectivity index (χ4n) is 2.98. The second-order valence-electron chi connectivity index (χ2n) is 6.35. The van der Waals surface area contributed by atoms with Crippen molar-refractivity contribution in [2.45, 2.75) is 11.2 Å². The molecule has 0 bridgehead atoms. The van der Waals surface area contributed by atoms with Crippen molar-refractivity contribution in [3.05, 3.63) is 89.1 Å². The summed E-state index contributed by atoms with van der Waals surface area (Å²) in [5.41, 5.74) is 1.96. The molecule has 0 fully saturated rings. The summed E-state index contributed by atoms with van der Waals surface area (Å²) in [6.45, 7) is 0. The van der Waals surface area contributed by atoms with Gasteiger partial charge in [-0.1, -0.05) is 42.1 Å². The lowest BCUT2D eigenvalue weighted by Crippen LogP contribution is -2.30. The molecule has 1 atom stereocenters. The van der Waals surface area contributed by atoms with Crippen LogP contribution in [0.1, 0.15) is 16.6 Å². The van der Waals surface area contributed by atoms with Crippen LogP contribution in [0.4, 0.5) is 0 Å². The Morgan fingerprint density at radius 3 is 2.63 bits per heavy atom. The van der Waals surface area contributed by atoms with Crippen LogP contribution in [0.25, 0.3) is 5.69 Å². The van der Waals surface area contributed by atoms with E-state index in [1.54, 1.807) is 19.5 Å². The van der Waals surface area contributed by atoms with Gasteiger partial charge in [-0.2, -0.15) is 0 Å². The normalized spacial score (nSPS) is 11.8. The first-order valence-corrected chi connectivity index (χ1v) is 11.2. The summed E-state index contributed by atoms with van der Waals surface area (Å²) >= 11 is 2.92. The molecule has 2 heterocycles. The zero-order chi connectivity index (χ0) is 20.8. The molecular weight excluding hydrogens is 416 g/mol. The lowest BCUT2D eigenvalue weighted by molar-refractivity contribution is -0.119. The summed E-state index contributed by atoms with van der Waals surface area (Å²) in [6.07, 6.45) is 5.36. The van der Waals surface area contributed by atoms with Crippen LogP contribution in [0.2, 0.25) is 0 Å². The van der Waals surface area contributed by atoms with Gasteiger partial charge in [-0.05, 0) is 29.8 Å². The Morgan fingerprint density at radius 2 is 1.93 bits per heavy atom. The smallest absolute Gasteiger partial charge is 0.231 e. The maximum atomic E-state index is 12.7. The van der Waals surface area contributed by atoms with E-state index in [0.717, 1.165) is 27.2 Å². The van der Waals surface area contributed by atoms with Crippen molar-refractivity contribution in [2.75, 3.05) is 12.9 Å². The number of ether oxygens (including phenoxy) is 1. The number of carbonyl (C=O) groups excluding carboxylic acids is 1. The van der Waals surface area contributed by atoms with Crippen LogP contribution in [0.3, 0.4) is 0 Å². The first-order chi connectivity index (χ1) is 14.7. The minimum absolute atomic E-state index is 0.0756. The molecule has 0 radical (unpaired) electrons. The van der Waals surface area contributed by atoms with Gasteiger partial charge >= 0.3 is 0 Å². The number of thioether (sulfide) groups is 1. The van der Waals surface area contributed by atoms with Crippen molar-refractivity contribution >= 4 is 29.0 Å². The number of methoxy groups -OCH3 is 1. The molecule has 1 N–H and O–H groups in total. The van der Waals surface area contributed by atoms with E-state index >= 15 is 0 Å². The van der Waals surface area contributed by atoms with Gasteiger partial charge < -0.3 is 10.1 Å². The zero-order valence-corrected chi connectivity index (χ0v) is 17.9. The van der Waals surface area contributed by atoms with Crippen molar-refractivity contribution in [3.63, 3.8) is 0 Å². The predicted octanol–water partition coefficient (Wildman–Crippen LogP) is 4.34. The van der Waals surface area contributed by atoms with E-state index in [4.69, 9.17) is 4.74 Å². The average Bonchev–Trinajstić information content (AvgIpc) is 3.49. The van der Waals surface area contributed by atoms with Crippen molar-refractivity contribution < 1.29 is 9.53 Å². The predicted molar refractivity (Wildman–Crippen MR) is 119 cm³/mol. The number of nitrogens with zero attached hydrogens (tertiary/aromatic N) is 3. The van der Waals surface area contributed by atoms with Gasteiger partial charge in [0, 0.05) is 29.7 Å². The number of benzene rings is 2. The second-order valence-corrected chi connectivity index (χ2v) is 8.22.